The van der Waals surface area contributed by atoms with E-state index in [0.717, 1.165) is 17.8 Å². The molecule has 27 heavy (non-hydrogen) atoms. The minimum atomic E-state index is -0.409. The fraction of sp³-hybridized carbons (Fsp3) is 0.455. The molecule has 5 nitrogen and oxygen atoms in total. The lowest BCUT2D eigenvalue weighted by atomic mass is 9.48. The number of nitrogens with one attached hydrogen (secondary N) is 1. The molecule has 1 aromatic heterocycles. The summed E-state index contributed by atoms with van der Waals surface area (Å²) in [5.74, 6) is 2.59. The number of nitrogens with zero attached hydrogens (tertiary/aromatic N) is 1. The maximum Gasteiger partial charge on any atom is 0.307 e. The Morgan fingerprint density at radius 2 is 1.85 bits per heavy atom. The number of furan rings is 1. The number of hydrazone groups is 1. The van der Waals surface area contributed by atoms with Crippen LogP contribution < -0.4 is 5.43 Å². The molecule has 0 atom stereocenters. The molecule has 1 heterocycles. The van der Waals surface area contributed by atoms with E-state index >= 15 is 0 Å². The van der Waals surface area contributed by atoms with Gasteiger partial charge in [0.15, 0.2) is 5.76 Å². The van der Waals surface area contributed by atoms with Gasteiger partial charge >= 0.3 is 5.91 Å². The fourth-order valence-electron chi connectivity index (χ4n) is 6.08. The van der Waals surface area contributed by atoms with E-state index < -0.39 is 5.91 Å². The quantitative estimate of drug-likeness (QED) is 0.630. The Kier molecular flexibility index (Phi) is 3.85. The van der Waals surface area contributed by atoms with Gasteiger partial charge < -0.3 is 9.52 Å². The molecule has 0 aliphatic heterocycles. The van der Waals surface area contributed by atoms with Crippen molar-refractivity contribution in [2.24, 2.45) is 22.9 Å². The normalized spacial score (nSPS) is 31.5. The van der Waals surface area contributed by atoms with Gasteiger partial charge in [-0.15, -0.1) is 0 Å². The van der Waals surface area contributed by atoms with Gasteiger partial charge in [-0.1, -0.05) is 6.07 Å². The number of hydrogen-bond acceptors (Lipinski definition) is 4. The number of carbonyl (C=O) groups is 1. The van der Waals surface area contributed by atoms with Gasteiger partial charge in [0.25, 0.3) is 0 Å². The second kappa shape index (κ2) is 6.25. The number of benzene rings is 1. The van der Waals surface area contributed by atoms with Crippen molar-refractivity contribution in [1.29, 1.82) is 0 Å². The second-order valence-electron chi connectivity index (χ2n) is 8.65. The van der Waals surface area contributed by atoms with Gasteiger partial charge in [0.1, 0.15) is 5.75 Å². The van der Waals surface area contributed by atoms with Gasteiger partial charge in [0.05, 0.1) is 12.5 Å². The molecule has 1 aromatic carbocycles. The van der Waals surface area contributed by atoms with Gasteiger partial charge in [0.2, 0.25) is 0 Å². The molecule has 0 saturated heterocycles. The summed E-state index contributed by atoms with van der Waals surface area (Å²) in [7, 11) is 0. The monoisotopic (exact) mass is 364 g/mol. The molecule has 0 unspecified atom stereocenters. The van der Waals surface area contributed by atoms with Gasteiger partial charge in [-0.05, 0) is 91.5 Å². The van der Waals surface area contributed by atoms with Crippen LogP contribution in [0.3, 0.4) is 0 Å². The molecule has 0 spiro atoms. The molecular formula is C22H24N2O3. The van der Waals surface area contributed by atoms with Crippen LogP contribution in [0.5, 0.6) is 5.75 Å². The van der Waals surface area contributed by atoms with Crippen LogP contribution in [-0.4, -0.2) is 17.2 Å². The molecule has 2 N–H and O–H groups in total. The summed E-state index contributed by atoms with van der Waals surface area (Å²) in [5.41, 5.74) is 4.67. The zero-order valence-electron chi connectivity index (χ0n) is 15.2. The Balaban J connectivity index is 1.37. The van der Waals surface area contributed by atoms with Gasteiger partial charge in [0, 0.05) is 5.56 Å². The van der Waals surface area contributed by atoms with Crippen LogP contribution in [0.15, 0.2) is 46.1 Å². The zero-order valence-corrected chi connectivity index (χ0v) is 15.2. The first-order valence-electron chi connectivity index (χ1n) is 9.82. The lowest BCUT2D eigenvalue weighted by Gasteiger charge is -2.57. The predicted octanol–water partition coefficient (Wildman–Crippen LogP) is 4.22. The Morgan fingerprint density at radius 1 is 1.15 bits per heavy atom. The SMILES string of the molecule is O=C(N/N=C\c1cc(C23CC4CC(CC(C4)C2)C3)ccc1O)c1ccco1. The van der Waals surface area contributed by atoms with Crippen molar-refractivity contribution in [2.75, 3.05) is 0 Å². The van der Waals surface area contributed by atoms with Gasteiger partial charge in [-0.3, -0.25) is 4.79 Å². The zero-order chi connectivity index (χ0) is 18.4. The van der Waals surface area contributed by atoms with Gasteiger partial charge in [-0.2, -0.15) is 5.10 Å². The first-order chi connectivity index (χ1) is 13.1. The van der Waals surface area contributed by atoms with Crippen molar-refractivity contribution in [1.82, 2.24) is 5.43 Å². The number of phenolic OH excluding ortho intramolecular Hbond substituents is 1. The van der Waals surface area contributed by atoms with E-state index in [1.807, 2.05) is 0 Å². The van der Waals surface area contributed by atoms with Crippen LogP contribution in [0.2, 0.25) is 0 Å². The van der Waals surface area contributed by atoms with Crippen LogP contribution in [0.25, 0.3) is 0 Å². The number of amides is 1. The highest BCUT2D eigenvalue weighted by Crippen LogP contribution is 2.60. The molecule has 2 aromatic rings. The summed E-state index contributed by atoms with van der Waals surface area (Å²) in [6.45, 7) is 0. The molecular weight excluding hydrogens is 340 g/mol. The molecule has 5 heteroatoms. The average Bonchev–Trinajstić information content (AvgIpc) is 3.17. The molecule has 4 bridgehead atoms. The molecule has 4 saturated carbocycles. The average molecular weight is 364 g/mol. The molecule has 4 aliphatic carbocycles. The van der Waals surface area contributed by atoms with Crippen LogP contribution in [0.4, 0.5) is 0 Å². The summed E-state index contributed by atoms with van der Waals surface area (Å²) in [5, 5.41) is 14.2. The van der Waals surface area contributed by atoms with E-state index in [1.54, 1.807) is 18.2 Å². The summed E-state index contributed by atoms with van der Waals surface area (Å²) in [4.78, 5) is 11.9. The summed E-state index contributed by atoms with van der Waals surface area (Å²) in [6.07, 6.45) is 11.0. The number of phenols is 1. The number of hydrogen-bond donors (Lipinski definition) is 2. The molecule has 140 valence electrons. The van der Waals surface area contributed by atoms with E-state index in [1.165, 1.54) is 56.6 Å². The van der Waals surface area contributed by atoms with Crippen LogP contribution in [-0.2, 0) is 5.41 Å². The van der Waals surface area contributed by atoms with E-state index in [4.69, 9.17) is 4.42 Å². The van der Waals surface area contributed by atoms with E-state index in [9.17, 15) is 9.90 Å². The maximum atomic E-state index is 11.9. The largest absolute Gasteiger partial charge is 0.507 e. The molecule has 4 aliphatic rings. The lowest BCUT2D eigenvalue weighted by molar-refractivity contribution is -0.00520. The van der Waals surface area contributed by atoms with Crippen molar-refractivity contribution < 1.29 is 14.3 Å². The van der Waals surface area contributed by atoms with Crippen molar-refractivity contribution in [3.8, 4) is 5.75 Å². The Labute approximate surface area is 158 Å². The van der Waals surface area contributed by atoms with E-state index in [-0.39, 0.29) is 16.9 Å². The highest BCUT2D eigenvalue weighted by atomic mass is 16.3. The molecule has 4 fully saturated rings. The van der Waals surface area contributed by atoms with Crippen LogP contribution in [0, 0.1) is 17.8 Å². The van der Waals surface area contributed by atoms with Crippen LogP contribution in [0.1, 0.15) is 60.2 Å². The first kappa shape index (κ1) is 16.6. The maximum absolute atomic E-state index is 11.9. The predicted molar refractivity (Wildman–Crippen MR) is 102 cm³/mol. The van der Waals surface area contributed by atoms with E-state index in [2.05, 4.69) is 22.7 Å². The minimum absolute atomic E-state index is 0.180. The van der Waals surface area contributed by atoms with Gasteiger partial charge in [-0.25, -0.2) is 5.43 Å². The standard InChI is InChI=1S/C22H24N2O3/c25-19-4-3-18(22-10-14-6-15(11-22)8-16(7-14)12-22)9-17(19)13-23-24-21(26)20-2-1-5-27-20/h1-5,9,13-16,25H,6-8,10-12H2,(H,24,26)/b23-13-. The second-order valence-corrected chi connectivity index (χ2v) is 8.65. The van der Waals surface area contributed by atoms with Crippen molar-refractivity contribution in [3.63, 3.8) is 0 Å². The topological polar surface area (TPSA) is 74.8 Å². The summed E-state index contributed by atoms with van der Waals surface area (Å²) >= 11 is 0. The lowest BCUT2D eigenvalue weighted by Crippen LogP contribution is -2.48. The highest BCUT2D eigenvalue weighted by Gasteiger charge is 2.51. The summed E-state index contributed by atoms with van der Waals surface area (Å²) < 4.78 is 5.04. The Morgan fingerprint density at radius 3 is 2.48 bits per heavy atom. The molecule has 0 radical (unpaired) electrons. The highest BCUT2D eigenvalue weighted by molar-refractivity contribution is 5.92. The van der Waals surface area contributed by atoms with Crippen molar-refractivity contribution in [2.45, 2.75) is 43.9 Å². The number of rotatable bonds is 4. The minimum Gasteiger partial charge on any atom is -0.507 e. The third kappa shape index (κ3) is 2.95. The summed E-state index contributed by atoms with van der Waals surface area (Å²) in [6, 6.07) is 9.14. The van der Waals surface area contributed by atoms with E-state index in [0.29, 0.717) is 5.56 Å². The molecule has 1 amide bonds. The molecule has 6 rings (SSSR count). The van der Waals surface area contributed by atoms with Crippen LogP contribution >= 0.6 is 0 Å². The third-order valence-corrected chi connectivity index (χ3v) is 6.79. The fourth-order valence-corrected chi connectivity index (χ4v) is 6.08. The van der Waals surface area contributed by atoms with Crippen molar-refractivity contribution >= 4 is 12.1 Å². The number of aromatic hydroxyl groups is 1. The Bertz CT molecular complexity index is 850. The smallest absolute Gasteiger partial charge is 0.307 e. The third-order valence-electron chi connectivity index (χ3n) is 6.79. The Hall–Kier alpha value is -2.56. The van der Waals surface area contributed by atoms with Crippen molar-refractivity contribution in [3.05, 3.63) is 53.5 Å². The first-order valence-corrected chi connectivity index (χ1v) is 9.82. The number of carbonyl (C=O) groups excluding carboxylic acids is 1.